The van der Waals surface area contributed by atoms with E-state index in [1.165, 1.54) is 5.69 Å². The smallest absolute Gasteiger partial charge is 0.338 e. The summed E-state index contributed by atoms with van der Waals surface area (Å²) in [5, 5.41) is 0.537. The van der Waals surface area contributed by atoms with Gasteiger partial charge in [-0.15, -0.1) is 0 Å². The molecule has 0 unspecified atom stereocenters. The van der Waals surface area contributed by atoms with Crippen molar-refractivity contribution < 1.29 is 9.53 Å². The van der Waals surface area contributed by atoms with Gasteiger partial charge in [-0.3, -0.25) is 9.69 Å². The summed E-state index contributed by atoms with van der Waals surface area (Å²) in [4.78, 5) is 33.6. The number of hydrogen-bond donors (Lipinski definition) is 1. The number of hydrogen-bond acceptors (Lipinski definition) is 5. The number of ether oxygens (including phenoxy) is 1. The zero-order valence-corrected chi connectivity index (χ0v) is 18.2. The molecule has 1 aliphatic heterocycles. The predicted molar refractivity (Wildman–Crippen MR) is 124 cm³/mol. The number of anilines is 1. The number of H-pyrrole nitrogens is 1. The highest BCUT2D eigenvalue weighted by molar-refractivity contribution is 5.94. The first-order valence-corrected chi connectivity index (χ1v) is 10.9. The van der Waals surface area contributed by atoms with Gasteiger partial charge in [0.1, 0.15) is 0 Å². The van der Waals surface area contributed by atoms with Crippen molar-refractivity contribution in [2.75, 3.05) is 37.7 Å². The lowest BCUT2D eigenvalue weighted by molar-refractivity contribution is 0.0505. The molecule has 0 atom stereocenters. The van der Waals surface area contributed by atoms with Gasteiger partial charge in [-0.2, -0.15) is 0 Å². The van der Waals surface area contributed by atoms with Gasteiger partial charge < -0.3 is 14.6 Å². The van der Waals surface area contributed by atoms with Crippen LogP contribution >= 0.6 is 0 Å². The van der Waals surface area contributed by atoms with Gasteiger partial charge in [-0.1, -0.05) is 25.1 Å². The van der Waals surface area contributed by atoms with Crippen LogP contribution in [0, 0.1) is 6.92 Å². The number of pyridine rings is 1. The van der Waals surface area contributed by atoms with Crippen molar-refractivity contribution in [3.63, 3.8) is 0 Å². The third kappa shape index (κ3) is 4.64. The average Bonchev–Trinajstić information content (AvgIpc) is 2.81. The third-order valence-corrected chi connectivity index (χ3v) is 5.86. The minimum Gasteiger partial charge on any atom is -0.462 e. The molecular formula is C25H29N3O3. The van der Waals surface area contributed by atoms with Gasteiger partial charge in [0.05, 0.1) is 12.2 Å². The number of para-hydroxylation sites is 1. The van der Waals surface area contributed by atoms with Crippen LogP contribution in [0.5, 0.6) is 0 Å². The Morgan fingerprint density at radius 1 is 1.06 bits per heavy atom. The van der Waals surface area contributed by atoms with E-state index in [2.05, 4.69) is 39.0 Å². The van der Waals surface area contributed by atoms with Crippen molar-refractivity contribution in [1.29, 1.82) is 0 Å². The first-order chi connectivity index (χ1) is 15.1. The largest absolute Gasteiger partial charge is 0.462 e. The molecule has 0 amide bonds. The Morgan fingerprint density at radius 2 is 1.81 bits per heavy atom. The zero-order valence-electron chi connectivity index (χ0n) is 18.2. The van der Waals surface area contributed by atoms with E-state index >= 15 is 0 Å². The first kappa shape index (κ1) is 21.1. The topological polar surface area (TPSA) is 65.6 Å². The molecule has 2 heterocycles. The molecule has 1 saturated heterocycles. The van der Waals surface area contributed by atoms with Gasteiger partial charge in [0.25, 0.3) is 0 Å². The van der Waals surface area contributed by atoms with Crippen LogP contribution in [0.25, 0.3) is 10.9 Å². The average molecular weight is 420 g/mol. The standard InChI is InChI=1S/C25H29N3O3/c1-3-15-31-25(30)19-9-10-23-21(16-19)24(29)22(18(2)26-23)17-27-11-13-28(14-12-27)20-7-5-4-6-8-20/h4-10,16H,3,11-15,17H2,1-2H3,(H,26,29). The molecule has 3 aromatic rings. The highest BCUT2D eigenvalue weighted by atomic mass is 16.5. The van der Waals surface area contributed by atoms with Crippen LogP contribution in [0.1, 0.15) is 35.0 Å². The molecule has 0 aliphatic carbocycles. The summed E-state index contributed by atoms with van der Waals surface area (Å²) in [5.74, 6) is -0.387. The maximum Gasteiger partial charge on any atom is 0.338 e. The second-order valence-corrected chi connectivity index (χ2v) is 8.05. The molecule has 6 heteroatoms. The van der Waals surface area contributed by atoms with E-state index in [0.717, 1.165) is 49.4 Å². The van der Waals surface area contributed by atoms with E-state index in [1.807, 2.05) is 19.9 Å². The van der Waals surface area contributed by atoms with Crippen molar-refractivity contribution in [3.05, 3.63) is 75.6 Å². The number of aromatic nitrogens is 1. The van der Waals surface area contributed by atoms with Gasteiger partial charge in [-0.05, 0) is 43.7 Å². The molecule has 6 nitrogen and oxygen atoms in total. The van der Waals surface area contributed by atoms with Crippen molar-refractivity contribution >= 4 is 22.6 Å². The van der Waals surface area contributed by atoms with E-state index in [-0.39, 0.29) is 11.4 Å². The molecule has 1 aromatic heterocycles. The Hall–Kier alpha value is -3.12. The first-order valence-electron chi connectivity index (χ1n) is 10.9. The van der Waals surface area contributed by atoms with Crippen molar-refractivity contribution in [2.24, 2.45) is 0 Å². The maximum atomic E-state index is 13.3. The second kappa shape index (κ2) is 9.35. The monoisotopic (exact) mass is 419 g/mol. The van der Waals surface area contributed by atoms with Crippen LogP contribution in [-0.4, -0.2) is 48.6 Å². The molecule has 0 spiro atoms. The molecular weight excluding hydrogens is 390 g/mol. The molecule has 4 rings (SSSR count). The lowest BCUT2D eigenvalue weighted by Gasteiger charge is -2.36. The van der Waals surface area contributed by atoms with Crippen LogP contribution < -0.4 is 10.3 Å². The van der Waals surface area contributed by atoms with Crippen LogP contribution in [0.4, 0.5) is 5.69 Å². The molecule has 31 heavy (non-hydrogen) atoms. The summed E-state index contributed by atoms with van der Waals surface area (Å²) >= 11 is 0. The number of piperazine rings is 1. The maximum absolute atomic E-state index is 13.3. The normalized spacial score (nSPS) is 14.7. The molecule has 1 fully saturated rings. The number of benzene rings is 2. The summed E-state index contributed by atoms with van der Waals surface area (Å²) in [6.45, 7) is 8.53. The molecule has 162 valence electrons. The highest BCUT2D eigenvalue weighted by Crippen LogP contribution is 2.19. The van der Waals surface area contributed by atoms with Crippen LogP contribution in [0.3, 0.4) is 0 Å². The summed E-state index contributed by atoms with van der Waals surface area (Å²) in [6.07, 6.45) is 0.765. The molecule has 0 radical (unpaired) electrons. The Balaban J connectivity index is 1.52. The van der Waals surface area contributed by atoms with Crippen molar-refractivity contribution in [2.45, 2.75) is 26.8 Å². The number of aryl methyl sites for hydroxylation is 1. The van der Waals surface area contributed by atoms with E-state index < -0.39 is 0 Å². The molecule has 0 saturated carbocycles. The summed E-state index contributed by atoms with van der Waals surface area (Å²) in [5.41, 5.74) is 4.03. The summed E-state index contributed by atoms with van der Waals surface area (Å²) in [6, 6.07) is 15.6. The highest BCUT2D eigenvalue weighted by Gasteiger charge is 2.20. The third-order valence-electron chi connectivity index (χ3n) is 5.86. The molecule has 1 N–H and O–H groups in total. The van der Waals surface area contributed by atoms with E-state index in [9.17, 15) is 9.59 Å². The second-order valence-electron chi connectivity index (χ2n) is 8.05. The molecule has 1 aliphatic rings. The van der Waals surface area contributed by atoms with E-state index in [0.29, 0.717) is 24.1 Å². The number of fused-ring (bicyclic) bond motifs is 1. The van der Waals surface area contributed by atoms with Gasteiger partial charge in [0, 0.05) is 60.6 Å². The fourth-order valence-electron chi connectivity index (χ4n) is 4.07. The Bertz CT molecular complexity index is 1120. The van der Waals surface area contributed by atoms with Crippen LogP contribution in [-0.2, 0) is 11.3 Å². The van der Waals surface area contributed by atoms with Crippen molar-refractivity contribution in [1.82, 2.24) is 9.88 Å². The SMILES string of the molecule is CCCOC(=O)c1ccc2[nH]c(C)c(CN3CCN(c4ccccc4)CC3)c(=O)c2c1. The Labute approximate surface area is 182 Å². The fourth-order valence-corrected chi connectivity index (χ4v) is 4.07. The summed E-state index contributed by atoms with van der Waals surface area (Å²) < 4.78 is 5.22. The van der Waals surface area contributed by atoms with Crippen molar-refractivity contribution in [3.8, 4) is 0 Å². The quantitative estimate of drug-likeness (QED) is 0.617. The molecule has 2 aromatic carbocycles. The predicted octanol–water partition coefficient (Wildman–Crippen LogP) is 3.73. The number of nitrogens with zero attached hydrogens (tertiary/aromatic N) is 2. The summed E-state index contributed by atoms with van der Waals surface area (Å²) in [7, 11) is 0. The minimum absolute atomic E-state index is 0.0121. The van der Waals surface area contributed by atoms with Gasteiger partial charge in [-0.25, -0.2) is 4.79 Å². The van der Waals surface area contributed by atoms with E-state index in [4.69, 9.17) is 4.74 Å². The number of esters is 1. The Morgan fingerprint density at radius 3 is 2.52 bits per heavy atom. The van der Waals surface area contributed by atoms with Crippen LogP contribution in [0.15, 0.2) is 53.3 Å². The van der Waals surface area contributed by atoms with Gasteiger partial charge in [0.15, 0.2) is 5.43 Å². The fraction of sp³-hybridized carbons (Fsp3) is 0.360. The van der Waals surface area contributed by atoms with Crippen LogP contribution in [0.2, 0.25) is 0 Å². The van der Waals surface area contributed by atoms with E-state index in [1.54, 1.807) is 18.2 Å². The zero-order chi connectivity index (χ0) is 21.8. The van der Waals surface area contributed by atoms with Gasteiger partial charge >= 0.3 is 5.97 Å². The number of carbonyl (C=O) groups is 1. The Kier molecular flexibility index (Phi) is 6.37. The lowest BCUT2D eigenvalue weighted by atomic mass is 10.1. The lowest BCUT2D eigenvalue weighted by Crippen LogP contribution is -2.46. The number of nitrogens with one attached hydrogen (secondary N) is 1. The number of carbonyl (C=O) groups excluding carboxylic acids is 1. The number of rotatable bonds is 6. The molecule has 0 bridgehead atoms. The van der Waals surface area contributed by atoms with Gasteiger partial charge in [0.2, 0.25) is 0 Å². The minimum atomic E-state index is -0.387. The number of aromatic amines is 1.